The van der Waals surface area contributed by atoms with Gasteiger partial charge in [0.15, 0.2) is 0 Å². The van der Waals surface area contributed by atoms with Gasteiger partial charge >= 0.3 is 0 Å². The summed E-state index contributed by atoms with van der Waals surface area (Å²) in [5.74, 6) is 3.18. The molecule has 0 bridgehead atoms. The standard InChI is InChI=1S/C31H47S2.Pd/c1-18(2)24-13-26(20(5)6)30(27(14-24)21(7)8)32-17-33-31-28(22(9)10)15-25(19(3)4)16-29(31)23(11)12;/h13-23H,1-12H3;/q-1;. The molecule has 0 heterocycles. The minimum atomic E-state index is 0. The van der Waals surface area contributed by atoms with Gasteiger partial charge in [0.05, 0.1) is 0 Å². The molecule has 2 rings (SSSR count). The van der Waals surface area contributed by atoms with Crippen LogP contribution in [0, 0.1) is 5.08 Å². The summed E-state index contributed by atoms with van der Waals surface area (Å²) in [5, 5.41) is 2.39. The number of hydrogen-bond donors (Lipinski definition) is 0. The second-order valence-corrected chi connectivity index (χ2v) is 13.4. The SMILES string of the molecule is CC(C)c1cc(C(C)C)c(S[CH-]Sc2c(C(C)C)cc(C(C)C)cc2C(C)C)c(C(C)C)c1.[Pd]. The first-order chi connectivity index (χ1) is 15.3. The van der Waals surface area contributed by atoms with Crippen molar-refractivity contribution in [3.8, 4) is 0 Å². The van der Waals surface area contributed by atoms with Crippen molar-refractivity contribution in [1.29, 1.82) is 0 Å². The summed E-state index contributed by atoms with van der Waals surface area (Å²) in [6.45, 7) is 27.9. The molecule has 0 fully saturated rings. The first-order valence-corrected chi connectivity index (χ1v) is 14.6. The normalized spacial score (nSPS) is 12.1. The van der Waals surface area contributed by atoms with Crippen LogP contribution >= 0.6 is 23.5 Å². The van der Waals surface area contributed by atoms with Crippen LogP contribution in [0.15, 0.2) is 34.1 Å². The molecule has 0 saturated heterocycles. The first kappa shape index (κ1) is 31.8. The van der Waals surface area contributed by atoms with E-state index in [4.69, 9.17) is 0 Å². The molecular weight excluding hydrogens is 543 g/mol. The fourth-order valence-corrected chi connectivity index (χ4v) is 6.86. The van der Waals surface area contributed by atoms with Crippen LogP contribution in [0.25, 0.3) is 0 Å². The summed E-state index contributed by atoms with van der Waals surface area (Å²) in [7, 11) is 0. The predicted octanol–water partition coefficient (Wildman–Crippen LogP) is 11.4. The fraction of sp³-hybridized carbons (Fsp3) is 0.581. The third kappa shape index (κ3) is 7.90. The molecule has 0 atom stereocenters. The zero-order chi connectivity index (χ0) is 25.0. The Morgan fingerprint density at radius 3 is 0.853 bits per heavy atom. The fourth-order valence-electron chi connectivity index (χ4n) is 4.17. The average molecular weight is 590 g/mol. The summed E-state index contributed by atoms with van der Waals surface area (Å²) in [5.41, 5.74) is 8.91. The Bertz CT molecular complexity index is 790. The second-order valence-electron chi connectivity index (χ2n) is 11.3. The Labute approximate surface area is 233 Å². The summed E-state index contributed by atoms with van der Waals surface area (Å²) < 4.78 is 0. The Kier molecular flexibility index (Phi) is 13.0. The van der Waals surface area contributed by atoms with Gasteiger partial charge in [0, 0.05) is 20.4 Å². The second kappa shape index (κ2) is 13.9. The van der Waals surface area contributed by atoms with Crippen LogP contribution in [0.2, 0.25) is 0 Å². The Morgan fingerprint density at radius 1 is 0.441 bits per heavy atom. The molecule has 3 heteroatoms. The van der Waals surface area contributed by atoms with Gasteiger partial charge in [-0.15, -0.1) is 0 Å². The first-order valence-electron chi connectivity index (χ1n) is 12.8. The monoisotopic (exact) mass is 589 g/mol. The van der Waals surface area contributed by atoms with Gasteiger partial charge in [0.2, 0.25) is 0 Å². The van der Waals surface area contributed by atoms with E-state index < -0.39 is 0 Å². The molecule has 0 N–H and O–H groups in total. The van der Waals surface area contributed by atoms with Gasteiger partial charge in [0.1, 0.15) is 0 Å². The van der Waals surface area contributed by atoms with Crippen molar-refractivity contribution in [1.82, 2.24) is 0 Å². The smallest absolute Gasteiger partial charge is 0 e. The van der Waals surface area contributed by atoms with Gasteiger partial charge in [-0.05, 0) is 78.7 Å². The van der Waals surface area contributed by atoms with Crippen molar-refractivity contribution in [2.75, 3.05) is 0 Å². The third-order valence-corrected chi connectivity index (χ3v) is 8.67. The maximum Gasteiger partial charge on any atom is 0 e. The van der Waals surface area contributed by atoms with E-state index in [1.807, 2.05) is 23.5 Å². The maximum absolute atomic E-state index is 2.46. The van der Waals surface area contributed by atoms with Crippen molar-refractivity contribution in [3.63, 3.8) is 0 Å². The van der Waals surface area contributed by atoms with Crippen LogP contribution in [0.5, 0.6) is 0 Å². The van der Waals surface area contributed by atoms with Crippen molar-refractivity contribution in [3.05, 3.63) is 62.7 Å². The molecule has 0 unspecified atom stereocenters. The van der Waals surface area contributed by atoms with E-state index >= 15 is 0 Å². The van der Waals surface area contributed by atoms with E-state index in [0.29, 0.717) is 35.5 Å². The molecule has 0 amide bonds. The summed E-state index contributed by atoms with van der Waals surface area (Å²) in [6.07, 6.45) is 0. The van der Waals surface area contributed by atoms with E-state index in [0.717, 1.165) is 0 Å². The molecule has 0 aliphatic carbocycles. The quantitative estimate of drug-likeness (QED) is 0.153. The minimum Gasteiger partial charge on any atom is -0.305 e. The summed E-state index contributed by atoms with van der Waals surface area (Å²) >= 11 is 3.87. The Hall–Kier alpha value is -0.198. The molecule has 0 aliphatic heterocycles. The molecule has 0 spiro atoms. The molecule has 194 valence electrons. The van der Waals surface area contributed by atoms with Crippen LogP contribution < -0.4 is 0 Å². The number of benzene rings is 2. The molecule has 0 aliphatic rings. The predicted molar refractivity (Wildman–Crippen MR) is 153 cm³/mol. The van der Waals surface area contributed by atoms with Crippen LogP contribution in [0.4, 0.5) is 0 Å². The van der Waals surface area contributed by atoms with Gasteiger partial charge < -0.3 is 23.5 Å². The van der Waals surface area contributed by atoms with Gasteiger partial charge in [-0.1, -0.05) is 107 Å². The average Bonchev–Trinajstić information content (AvgIpc) is 2.72. The number of hydrogen-bond acceptors (Lipinski definition) is 2. The maximum atomic E-state index is 2.46. The van der Waals surface area contributed by atoms with Gasteiger partial charge in [0.25, 0.3) is 0 Å². The van der Waals surface area contributed by atoms with Crippen LogP contribution in [-0.2, 0) is 20.4 Å². The van der Waals surface area contributed by atoms with E-state index in [1.165, 1.54) is 43.2 Å². The molecule has 0 radical (unpaired) electrons. The van der Waals surface area contributed by atoms with Crippen LogP contribution in [0.3, 0.4) is 0 Å². The molecule has 0 nitrogen and oxygen atoms in total. The van der Waals surface area contributed by atoms with Crippen molar-refractivity contribution < 1.29 is 20.4 Å². The Morgan fingerprint density at radius 2 is 0.676 bits per heavy atom. The zero-order valence-corrected chi connectivity index (χ0v) is 26.7. The number of thioether (sulfide) groups is 2. The van der Waals surface area contributed by atoms with Gasteiger partial charge in [-0.2, -0.15) is 0 Å². The van der Waals surface area contributed by atoms with E-state index in [2.05, 4.69) is 112 Å². The van der Waals surface area contributed by atoms with Crippen molar-refractivity contribution in [2.45, 2.75) is 128 Å². The largest absolute Gasteiger partial charge is 0.305 e. The van der Waals surface area contributed by atoms with E-state index in [1.54, 1.807) is 0 Å². The zero-order valence-electron chi connectivity index (χ0n) is 23.5. The molecule has 2 aromatic carbocycles. The van der Waals surface area contributed by atoms with E-state index in [-0.39, 0.29) is 20.4 Å². The Balaban J connectivity index is 0.00000578. The number of rotatable bonds is 10. The van der Waals surface area contributed by atoms with Crippen LogP contribution in [-0.4, -0.2) is 0 Å². The van der Waals surface area contributed by atoms with Gasteiger partial charge in [-0.25, -0.2) is 5.08 Å². The molecule has 34 heavy (non-hydrogen) atoms. The summed E-state index contributed by atoms with van der Waals surface area (Å²) in [4.78, 5) is 2.93. The topological polar surface area (TPSA) is 0 Å². The minimum absolute atomic E-state index is 0. The molecular formula is C31H47PdS2-. The third-order valence-electron chi connectivity index (χ3n) is 6.49. The molecule has 2 aromatic rings. The van der Waals surface area contributed by atoms with Gasteiger partial charge in [-0.3, -0.25) is 0 Å². The summed E-state index contributed by atoms with van der Waals surface area (Å²) in [6, 6.07) is 9.83. The van der Waals surface area contributed by atoms with Crippen LogP contribution in [0.1, 0.15) is 152 Å². The molecule has 0 aromatic heterocycles. The van der Waals surface area contributed by atoms with Crippen molar-refractivity contribution in [2.24, 2.45) is 0 Å². The van der Waals surface area contributed by atoms with Crippen molar-refractivity contribution >= 4 is 23.5 Å². The van der Waals surface area contributed by atoms with E-state index in [9.17, 15) is 0 Å². The molecule has 0 saturated carbocycles.